The third kappa shape index (κ3) is 1.71. The Morgan fingerprint density at radius 3 is 2.75 bits per heavy atom. The zero-order chi connectivity index (χ0) is 11.5. The SMILES string of the molecule is N#CC(C(=O)O)c1ccc2ccccc2n1. The number of nitrogens with zero attached hydrogens (tertiary/aromatic N) is 2. The van der Waals surface area contributed by atoms with Crippen LogP contribution in [-0.2, 0) is 4.79 Å². The Bertz CT molecular complexity index is 587. The van der Waals surface area contributed by atoms with Crippen molar-refractivity contribution in [3.05, 3.63) is 42.1 Å². The second-order valence-electron chi connectivity index (χ2n) is 3.33. The number of benzene rings is 1. The third-order valence-electron chi connectivity index (χ3n) is 2.29. The molecule has 1 aromatic heterocycles. The summed E-state index contributed by atoms with van der Waals surface area (Å²) in [7, 11) is 0. The van der Waals surface area contributed by atoms with Crippen LogP contribution in [0.3, 0.4) is 0 Å². The molecule has 0 aliphatic rings. The highest BCUT2D eigenvalue weighted by Gasteiger charge is 2.20. The predicted molar refractivity (Wildman–Crippen MR) is 57.7 cm³/mol. The number of nitriles is 1. The van der Waals surface area contributed by atoms with Crippen molar-refractivity contribution < 1.29 is 9.90 Å². The second kappa shape index (κ2) is 3.99. The molecule has 0 amide bonds. The van der Waals surface area contributed by atoms with E-state index in [0.717, 1.165) is 5.39 Å². The average molecular weight is 212 g/mol. The van der Waals surface area contributed by atoms with E-state index in [2.05, 4.69) is 4.98 Å². The fraction of sp³-hybridized carbons (Fsp3) is 0.0833. The van der Waals surface area contributed by atoms with Crippen molar-refractivity contribution in [3.63, 3.8) is 0 Å². The molecular weight excluding hydrogens is 204 g/mol. The van der Waals surface area contributed by atoms with Crippen LogP contribution in [0.2, 0.25) is 0 Å². The number of carboxylic acid groups (broad SMARTS) is 1. The lowest BCUT2D eigenvalue weighted by molar-refractivity contribution is -0.137. The summed E-state index contributed by atoms with van der Waals surface area (Å²) in [6.07, 6.45) is 0. The molecule has 0 aliphatic heterocycles. The van der Waals surface area contributed by atoms with Crippen LogP contribution in [0.4, 0.5) is 0 Å². The maximum atomic E-state index is 10.8. The Labute approximate surface area is 91.8 Å². The average Bonchev–Trinajstić information content (AvgIpc) is 2.29. The molecule has 4 heteroatoms. The minimum atomic E-state index is -1.20. The lowest BCUT2D eigenvalue weighted by atomic mass is 10.1. The zero-order valence-corrected chi connectivity index (χ0v) is 8.29. The van der Waals surface area contributed by atoms with E-state index in [-0.39, 0.29) is 5.69 Å². The molecule has 78 valence electrons. The van der Waals surface area contributed by atoms with Crippen LogP contribution in [0.15, 0.2) is 36.4 Å². The molecule has 4 nitrogen and oxygen atoms in total. The summed E-state index contributed by atoms with van der Waals surface area (Å²) < 4.78 is 0. The Kier molecular flexibility index (Phi) is 2.52. The highest BCUT2D eigenvalue weighted by Crippen LogP contribution is 2.17. The summed E-state index contributed by atoms with van der Waals surface area (Å²) in [6.45, 7) is 0. The Hall–Kier alpha value is -2.41. The number of carbonyl (C=O) groups is 1. The molecule has 0 spiro atoms. The van der Waals surface area contributed by atoms with Gasteiger partial charge in [0.15, 0.2) is 5.92 Å². The number of fused-ring (bicyclic) bond motifs is 1. The minimum absolute atomic E-state index is 0.272. The van der Waals surface area contributed by atoms with Gasteiger partial charge in [0.1, 0.15) is 0 Å². The number of pyridine rings is 1. The molecule has 0 radical (unpaired) electrons. The van der Waals surface area contributed by atoms with Crippen molar-refractivity contribution in [2.45, 2.75) is 5.92 Å². The first-order valence-corrected chi connectivity index (χ1v) is 4.70. The molecule has 1 N–H and O–H groups in total. The van der Waals surface area contributed by atoms with Crippen molar-refractivity contribution in [2.24, 2.45) is 0 Å². The summed E-state index contributed by atoms with van der Waals surface area (Å²) in [5, 5.41) is 18.5. The van der Waals surface area contributed by atoms with E-state index in [0.29, 0.717) is 5.52 Å². The topological polar surface area (TPSA) is 74.0 Å². The van der Waals surface area contributed by atoms with Gasteiger partial charge in [-0.2, -0.15) is 5.26 Å². The van der Waals surface area contributed by atoms with Crippen LogP contribution in [0.5, 0.6) is 0 Å². The maximum absolute atomic E-state index is 10.8. The third-order valence-corrected chi connectivity index (χ3v) is 2.29. The zero-order valence-electron chi connectivity index (χ0n) is 8.29. The standard InChI is InChI=1S/C12H8N2O2/c13-7-9(12(15)16)11-6-5-8-3-1-2-4-10(8)14-11/h1-6,9H,(H,15,16). The van der Waals surface area contributed by atoms with E-state index >= 15 is 0 Å². The lowest BCUT2D eigenvalue weighted by Gasteiger charge is -2.04. The van der Waals surface area contributed by atoms with Gasteiger partial charge in [0.05, 0.1) is 17.3 Å². The van der Waals surface area contributed by atoms with E-state index in [1.165, 1.54) is 0 Å². The number of rotatable bonds is 2. The van der Waals surface area contributed by atoms with Crippen LogP contribution in [-0.4, -0.2) is 16.1 Å². The summed E-state index contributed by atoms with van der Waals surface area (Å²) in [5.74, 6) is -2.38. The molecule has 0 saturated heterocycles. The number of hydrogen-bond donors (Lipinski definition) is 1. The molecule has 2 aromatic rings. The summed E-state index contributed by atoms with van der Waals surface area (Å²) >= 11 is 0. The van der Waals surface area contributed by atoms with Crippen molar-refractivity contribution >= 4 is 16.9 Å². The second-order valence-corrected chi connectivity index (χ2v) is 3.33. The van der Waals surface area contributed by atoms with Gasteiger partial charge in [-0.3, -0.25) is 9.78 Å². The Morgan fingerprint density at radius 2 is 2.06 bits per heavy atom. The van der Waals surface area contributed by atoms with Gasteiger partial charge in [0, 0.05) is 5.39 Å². The molecule has 2 rings (SSSR count). The van der Waals surface area contributed by atoms with E-state index < -0.39 is 11.9 Å². The van der Waals surface area contributed by atoms with Crippen LogP contribution in [0, 0.1) is 11.3 Å². The quantitative estimate of drug-likeness (QED) is 0.825. The summed E-state index contributed by atoms with van der Waals surface area (Å²) in [4.78, 5) is 15.0. The fourth-order valence-corrected chi connectivity index (χ4v) is 1.49. The maximum Gasteiger partial charge on any atom is 0.327 e. The van der Waals surface area contributed by atoms with Gasteiger partial charge in [-0.25, -0.2) is 0 Å². The smallest absolute Gasteiger partial charge is 0.327 e. The van der Waals surface area contributed by atoms with Crippen molar-refractivity contribution in [2.75, 3.05) is 0 Å². The van der Waals surface area contributed by atoms with Crippen LogP contribution in [0.1, 0.15) is 11.6 Å². The van der Waals surface area contributed by atoms with E-state index in [9.17, 15) is 4.79 Å². The first kappa shape index (κ1) is 10.1. The highest BCUT2D eigenvalue weighted by molar-refractivity contribution is 5.82. The Morgan fingerprint density at radius 1 is 1.31 bits per heavy atom. The highest BCUT2D eigenvalue weighted by atomic mass is 16.4. The van der Waals surface area contributed by atoms with Gasteiger partial charge >= 0.3 is 5.97 Å². The van der Waals surface area contributed by atoms with Gasteiger partial charge in [-0.05, 0) is 12.1 Å². The number of carboxylic acids is 1. The van der Waals surface area contributed by atoms with Crippen molar-refractivity contribution in [1.82, 2.24) is 4.98 Å². The number of aliphatic carboxylic acids is 1. The Balaban J connectivity index is 2.55. The molecule has 1 unspecified atom stereocenters. The van der Waals surface area contributed by atoms with Gasteiger partial charge in [-0.15, -0.1) is 0 Å². The molecule has 0 bridgehead atoms. The molecule has 0 saturated carbocycles. The lowest BCUT2D eigenvalue weighted by Crippen LogP contribution is -2.10. The van der Waals surface area contributed by atoms with Crippen molar-refractivity contribution in [3.8, 4) is 6.07 Å². The fourth-order valence-electron chi connectivity index (χ4n) is 1.49. The monoisotopic (exact) mass is 212 g/mol. The summed E-state index contributed by atoms with van der Waals surface area (Å²) in [6, 6.07) is 12.4. The van der Waals surface area contributed by atoms with Gasteiger partial charge in [0.2, 0.25) is 0 Å². The number of para-hydroxylation sites is 1. The normalized spacial score (nSPS) is 11.9. The molecule has 1 heterocycles. The van der Waals surface area contributed by atoms with Crippen LogP contribution in [0.25, 0.3) is 10.9 Å². The molecule has 1 atom stereocenters. The van der Waals surface area contributed by atoms with Crippen LogP contribution < -0.4 is 0 Å². The number of aromatic nitrogens is 1. The molecule has 0 fully saturated rings. The van der Waals surface area contributed by atoms with Crippen molar-refractivity contribution in [1.29, 1.82) is 5.26 Å². The van der Waals surface area contributed by atoms with E-state index in [4.69, 9.17) is 10.4 Å². The molecular formula is C12H8N2O2. The molecule has 0 aliphatic carbocycles. The van der Waals surface area contributed by atoms with E-state index in [1.54, 1.807) is 24.3 Å². The molecule has 1 aromatic carbocycles. The first-order valence-electron chi connectivity index (χ1n) is 4.70. The summed E-state index contributed by atoms with van der Waals surface area (Å²) in [5.41, 5.74) is 0.968. The molecule has 16 heavy (non-hydrogen) atoms. The van der Waals surface area contributed by atoms with Gasteiger partial charge in [0.25, 0.3) is 0 Å². The van der Waals surface area contributed by atoms with Gasteiger partial charge < -0.3 is 5.11 Å². The van der Waals surface area contributed by atoms with Crippen LogP contribution >= 0.6 is 0 Å². The van der Waals surface area contributed by atoms with E-state index in [1.807, 2.05) is 18.2 Å². The van der Waals surface area contributed by atoms with Gasteiger partial charge in [-0.1, -0.05) is 24.3 Å². The largest absolute Gasteiger partial charge is 0.480 e. The first-order chi connectivity index (χ1) is 7.72. The predicted octanol–water partition coefficient (Wildman–Crippen LogP) is 1.93. The number of hydrogen-bond acceptors (Lipinski definition) is 3. The minimum Gasteiger partial charge on any atom is -0.480 e.